The molecule has 2 saturated heterocycles. The molecule has 2 atom stereocenters. The zero-order chi connectivity index (χ0) is 20.9. The van der Waals surface area contributed by atoms with E-state index in [9.17, 15) is 13.2 Å². The van der Waals surface area contributed by atoms with Gasteiger partial charge in [-0.2, -0.15) is 17.0 Å². The zero-order valence-electron chi connectivity index (χ0n) is 17.5. The number of nitrogens with one attached hydrogen (secondary N) is 1. The summed E-state index contributed by atoms with van der Waals surface area (Å²) in [5, 5.41) is 3.09. The Bertz CT molecular complexity index is 772. The summed E-state index contributed by atoms with van der Waals surface area (Å²) in [5.74, 6) is -0.151. The molecule has 0 aromatic carbocycles. The van der Waals surface area contributed by atoms with E-state index in [-0.39, 0.29) is 17.9 Å². The number of aromatic nitrogens is 1. The van der Waals surface area contributed by atoms with Crippen LogP contribution in [0.2, 0.25) is 0 Å². The molecule has 3 heterocycles. The Morgan fingerprint density at radius 2 is 1.86 bits per heavy atom. The normalized spacial score (nSPS) is 25.8. The molecule has 0 radical (unpaired) electrons. The predicted molar refractivity (Wildman–Crippen MR) is 112 cm³/mol. The Morgan fingerprint density at radius 3 is 2.59 bits per heavy atom. The van der Waals surface area contributed by atoms with Crippen LogP contribution >= 0.6 is 0 Å². The van der Waals surface area contributed by atoms with Gasteiger partial charge in [-0.1, -0.05) is 12.8 Å². The van der Waals surface area contributed by atoms with Crippen LogP contribution in [0.1, 0.15) is 37.7 Å². The van der Waals surface area contributed by atoms with Gasteiger partial charge in [-0.15, -0.1) is 0 Å². The van der Waals surface area contributed by atoms with Crippen molar-refractivity contribution in [1.82, 2.24) is 23.8 Å². The average molecular weight is 424 g/mol. The molecule has 0 saturated carbocycles. The number of hydrogen-bond acceptors (Lipinski definition) is 5. The first-order chi connectivity index (χ1) is 13.9. The van der Waals surface area contributed by atoms with Crippen LogP contribution < -0.4 is 5.32 Å². The van der Waals surface area contributed by atoms with Gasteiger partial charge in [0, 0.05) is 58.7 Å². The van der Waals surface area contributed by atoms with Crippen LogP contribution in [-0.2, 0) is 21.5 Å². The zero-order valence-corrected chi connectivity index (χ0v) is 18.3. The van der Waals surface area contributed by atoms with Gasteiger partial charge in [0.05, 0.1) is 5.92 Å². The molecule has 0 bridgehead atoms. The van der Waals surface area contributed by atoms with Crippen molar-refractivity contribution < 1.29 is 13.2 Å². The Labute approximate surface area is 174 Å². The first kappa shape index (κ1) is 22.1. The van der Waals surface area contributed by atoms with E-state index in [0.29, 0.717) is 32.6 Å². The fourth-order valence-corrected chi connectivity index (χ4v) is 5.38. The molecule has 8 nitrogen and oxygen atoms in total. The van der Waals surface area contributed by atoms with Gasteiger partial charge in [-0.05, 0) is 43.5 Å². The quantitative estimate of drug-likeness (QED) is 0.783. The molecule has 1 amide bonds. The summed E-state index contributed by atoms with van der Waals surface area (Å²) in [4.78, 5) is 19.3. The summed E-state index contributed by atoms with van der Waals surface area (Å²) in [6.45, 7) is 2.95. The minimum absolute atomic E-state index is 0.0542. The van der Waals surface area contributed by atoms with Gasteiger partial charge in [0.15, 0.2) is 0 Å². The summed E-state index contributed by atoms with van der Waals surface area (Å²) < 4.78 is 28.3. The SMILES string of the molecule is CN(C)S(=O)(=O)N1CCC2C(=O)NCCCCCCN(Cc3ccncc3)C2C1. The first-order valence-corrected chi connectivity index (χ1v) is 11.9. The largest absolute Gasteiger partial charge is 0.356 e. The standard InChI is InChI=1S/C20H33N5O3S/c1-23(2)29(27,28)25-14-9-18-19(16-25)24(15-17-7-11-21-12-8-17)13-6-4-3-5-10-22-20(18)26/h7-8,11-12,18-19H,3-6,9-10,13-16H2,1-2H3,(H,22,26). The van der Waals surface area contributed by atoms with Crippen LogP contribution in [0.5, 0.6) is 0 Å². The van der Waals surface area contributed by atoms with Crippen molar-refractivity contribution in [3.8, 4) is 0 Å². The van der Waals surface area contributed by atoms with Crippen LogP contribution in [-0.4, -0.2) is 79.1 Å². The number of rotatable bonds is 4. The van der Waals surface area contributed by atoms with Crippen molar-refractivity contribution in [2.24, 2.45) is 5.92 Å². The van der Waals surface area contributed by atoms with Gasteiger partial charge in [0.25, 0.3) is 10.2 Å². The third-order valence-electron chi connectivity index (χ3n) is 5.94. The molecule has 9 heteroatoms. The van der Waals surface area contributed by atoms with Crippen molar-refractivity contribution >= 4 is 16.1 Å². The van der Waals surface area contributed by atoms with E-state index >= 15 is 0 Å². The second-order valence-electron chi connectivity index (χ2n) is 8.14. The molecule has 2 aliphatic rings. The molecule has 0 spiro atoms. The van der Waals surface area contributed by atoms with E-state index in [1.165, 1.54) is 8.61 Å². The van der Waals surface area contributed by atoms with Gasteiger partial charge in [0.2, 0.25) is 5.91 Å². The van der Waals surface area contributed by atoms with Gasteiger partial charge < -0.3 is 5.32 Å². The summed E-state index contributed by atoms with van der Waals surface area (Å²) in [6.07, 6.45) is 8.33. The molecule has 1 aromatic heterocycles. The summed E-state index contributed by atoms with van der Waals surface area (Å²) in [7, 11) is -0.399. The summed E-state index contributed by atoms with van der Waals surface area (Å²) >= 11 is 0. The average Bonchev–Trinajstić information content (AvgIpc) is 2.74. The lowest BCUT2D eigenvalue weighted by atomic mass is 9.90. The number of pyridine rings is 1. The monoisotopic (exact) mass is 423 g/mol. The van der Waals surface area contributed by atoms with E-state index in [1.54, 1.807) is 26.5 Å². The molecular weight excluding hydrogens is 390 g/mol. The number of hydrogen-bond donors (Lipinski definition) is 1. The highest BCUT2D eigenvalue weighted by atomic mass is 32.2. The highest BCUT2D eigenvalue weighted by Crippen LogP contribution is 2.27. The maximum atomic E-state index is 12.9. The van der Waals surface area contributed by atoms with Crippen molar-refractivity contribution in [2.75, 3.05) is 40.3 Å². The van der Waals surface area contributed by atoms with E-state index in [4.69, 9.17) is 0 Å². The van der Waals surface area contributed by atoms with Gasteiger partial charge in [0.1, 0.15) is 0 Å². The summed E-state index contributed by atoms with van der Waals surface area (Å²) in [6, 6.07) is 3.82. The molecular formula is C20H33N5O3S. The number of piperidine rings is 1. The Hall–Kier alpha value is -1.55. The number of nitrogens with zero attached hydrogens (tertiary/aromatic N) is 4. The minimum atomic E-state index is -3.51. The Balaban J connectivity index is 1.89. The molecule has 1 aromatic rings. The Kier molecular flexibility index (Phi) is 7.61. The van der Waals surface area contributed by atoms with Crippen molar-refractivity contribution in [3.05, 3.63) is 30.1 Å². The van der Waals surface area contributed by atoms with Crippen LogP contribution in [0, 0.1) is 5.92 Å². The summed E-state index contributed by atoms with van der Waals surface area (Å²) in [5.41, 5.74) is 1.13. The fraction of sp³-hybridized carbons (Fsp3) is 0.700. The first-order valence-electron chi connectivity index (χ1n) is 10.5. The van der Waals surface area contributed by atoms with Crippen molar-refractivity contribution in [1.29, 1.82) is 0 Å². The second-order valence-corrected chi connectivity index (χ2v) is 10.3. The molecule has 3 rings (SSSR count). The molecule has 29 heavy (non-hydrogen) atoms. The number of carbonyl (C=O) groups excluding carboxylic acids is 1. The molecule has 2 aliphatic heterocycles. The van der Waals surface area contributed by atoms with E-state index < -0.39 is 10.2 Å². The van der Waals surface area contributed by atoms with Crippen LogP contribution in [0.25, 0.3) is 0 Å². The van der Waals surface area contributed by atoms with E-state index in [0.717, 1.165) is 37.8 Å². The predicted octanol–water partition coefficient (Wildman–Crippen LogP) is 1.07. The highest BCUT2D eigenvalue weighted by Gasteiger charge is 2.41. The number of amides is 1. The van der Waals surface area contributed by atoms with E-state index in [1.807, 2.05) is 12.1 Å². The third-order valence-corrected chi connectivity index (χ3v) is 7.85. The van der Waals surface area contributed by atoms with Gasteiger partial charge in [-0.3, -0.25) is 14.7 Å². The fourth-order valence-electron chi connectivity index (χ4n) is 4.24. The maximum Gasteiger partial charge on any atom is 0.281 e. The van der Waals surface area contributed by atoms with Crippen LogP contribution in [0.4, 0.5) is 0 Å². The minimum Gasteiger partial charge on any atom is -0.356 e. The van der Waals surface area contributed by atoms with E-state index in [2.05, 4.69) is 15.2 Å². The smallest absolute Gasteiger partial charge is 0.281 e. The number of fused-ring (bicyclic) bond motifs is 1. The lowest BCUT2D eigenvalue weighted by Crippen LogP contribution is -2.58. The lowest BCUT2D eigenvalue weighted by molar-refractivity contribution is -0.129. The van der Waals surface area contributed by atoms with Crippen LogP contribution in [0.3, 0.4) is 0 Å². The second kappa shape index (κ2) is 9.97. The third kappa shape index (κ3) is 5.53. The maximum absolute atomic E-state index is 12.9. The van der Waals surface area contributed by atoms with Crippen molar-refractivity contribution in [2.45, 2.75) is 44.7 Å². The molecule has 162 valence electrons. The molecule has 1 N–H and O–H groups in total. The molecule has 2 unspecified atom stereocenters. The highest BCUT2D eigenvalue weighted by molar-refractivity contribution is 7.86. The van der Waals surface area contributed by atoms with Gasteiger partial charge >= 0.3 is 0 Å². The molecule has 0 aliphatic carbocycles. The topological polar surface area (TPSA) is 85.8 Å². The number of carbonyl (C=O) groups is 1. The van der Waals surface area contributed by atoms with Gasteiger partial charge in [-0.25, -0.2) is 0 Å². The lowest BCUT2D eigenvalue weighted by Gasteiger charge is -2.43. The molecule has 2 fully saturated rings. The van der Waals surface area contributed by atoms with Crippen LogP contribution in [0.15, 0.2) is 24.5 Å². The van der Waals surface area contributed by atoms with Crippen molar-refractivity contribution in [3.63, 3.8) is 0 Å². The Morgan fingerprint density at radius 1 is 1.14 bits per heavy atom.